The Labute approximate surface area is 219 Å². The molecule has 37 heavy (non-hydrogen) atoms. The van der Waals surface area contributed by atoms with Crippen LogP contribution in [0.1, 0.15) is 71.2 Å². The van der Waals surface area contributed by atoms with Crippen molar-refractivity contribution in [1.82, 2.24) is 20.5 Å². The van der Waals surface area contributed by atoms with Crippen LogP contribution in [0, 0.1) is 6.92 Å². The summed E-state index contributed by atoms with van der Waals surface area (Å²) >= 11 is 0. The van der Waals surface area contributed by atoms with Crippen LogP contribution in [-0.4, -0.2) is 73.1 Å². The molecule has 2 amide bonds. The molecule has 8 heteroatoms. The van der Waals surface area contributed by atoms with E-state index in [1.54, 1.807) is 13.3 Å². The Kier molecular flexibility index (Phi) is 7.65. The minimum absolute atomic E-state index is 0.0395. The van der Waals surface area contributed by atoms with Crippen molar-refractivity contribution < 1.29 is 14.3 Å². The first-order valence-corrected chi connectivity index (χ1v) is 13.6. The maximum atomic E-state index is 13.0. The highest BCUT2D eigenvalue weighted by molar-refractivity contribution is 5.96. The summed E-state index contributed by atoms with van der Waals surface area (Å²) in [5, 5.41) is 6.33. The molecule has 3 aliphatic rings. The molecule has 5 rings (SSSR count). The molecule has 0 spiro atoms. The maximum Gasteiger partial charge on any atom is 0.252 e. The molecule has 2 bridgehead atoms. The van der Waals surface area contributed by atoms with Crippen molar-refractivity contribution >= 4 is 17.6 Å². The molecule has 4 atom stereocenters. The zero-order valence-electron chi connectivity index (χ0n) is 22.2. The fourth-order valence-corrected chi connectivity index (χ4v) is 6.49. The fraction of sp³-hybridized carbons (Fsp3) is 0.552. The van der Waals surface area contributed by atoms with Crippen LogP contribution in [0.15, 0.2) is 36.5 Å². The van der Waals surface area contributed by atoms with E-state index in [-0.39, 0.29) is 17.9 Å². The summed E-state index contributed by atoms with van der Waals surface area (Å²) < 4.78 is 5.38. The molecule has 0 aliphatic carbocycles. The number of benzene rings is 1. The van der Waals surface area contributed by atoms with Gasteiger partial charge in [-0.2, -0.15) is 0 Å². The molecule has 198 valence electrons. The standard InChI is InChI=1S/C29H39N5O3/c1-19-25(7-4-8-26(19)37-3)29(36)32-21-16-23-10-11-24(17-21)34(23)27-12-9-20(18-31-27)28(35)30-14-13-22-6-5-15-33(22)2/h4,7-9,12,18,21-24H,5-6,10-11,13-17H2,1-3H3,(H,30,35)(H,32,36)/t21?,22?,23-,24+. The van der Waals surface area contributed by atoms with Crippen molar-refractivity contribution in [1.29, 1.82) is 0 Å². The molecule has 3 fully saturated rings. The number of anilines is 1. The van der Waals surface area contributed by atoms with Crippen LogP contribution in [0.4, 0.5) is 5.82 Å². The van der Waals surface area contributed by atoms with Gasteiger partial charge in [-0.3, -0.25) is 9.59 Å². The highest BCUT2D eigenvalue weighted by Gasteiger charge is 2.42. The number of carbonyl (C=O) groups is 2. The maximum absolute atomic E-state index is 13.0. The van der Waals surface area contributed by atoms with Gasteiger partial charge in [-0.15, -0.1) is 0 Å². The zero-order valence-corrected chi connectivity index (χ0v) is 22.2. The molecule has 0 radical (unpaired) electrons. The van der Waals surface area contributed by atoms with Gasteiger partial charge in [0.2, 0.25) is 0 Å². The van der Waals surface area contributed by atoms with Crippen molar-refractivity contribution in [3.63, 3.8) is 0 Å². The van der Waals surface area contributed by atoms with Crippen LogP contribution < -0.4 is 20.3 Å². The number of ether oxygens (including phenoxy) is 1. The van der Waals surface area contributed by atoms with Gasteiger partial charge in [0, 0.05) is 48.0 Å². The number of hydrogen-bond donors (Lipinski definition) is 2. The Morgan fingerprint density at radius 2 is 1.86 bits per heavy atom. The second kappa shape index (κ2) is 11.1. The zero-order chi connectivity index (χ0) is 25.9. The molecule has 0 saturated carbocycles. The Bertz CT molecular complexity index is 1110. The molecule has 4 heterocycles. The van der Waals surface area contributed by atoms with E-state index in [0.29, 0.717) is 35.8 Å². The average Bonchev–Trinajstić information content (AvgIpc) is 3.43. The van der Waals surface area contributed by atoms with Gasteiger partial charge >= 0.3 is 0 Å². The highest BCUT2D eigenvalue weighted by Crippen LogP contribution is 2.38. The van der Waals surface area contributed by atoms with Crippen LogP contribution in [0.25, 0.3) is 0 Å². The molecule has 1 aromatic carbocycles. The predicted octanol–water partition coefficient (Wildman–Crippen LogP) is 3.54. The van der Waals surface area contributed by atoms with Crippen molar-refractivity contribution in [3.8, 4) is 5.75 Å². The summed E-state index contributed by atoms with van der Waals surface area (Å²) in [7, 11) is 3.79. The second-order valence-electron chi connectivity index (χ2n) is 10.8. The van der Waals surface area contributed by atoms with Gasteiger partial charge in [-0.25, -0.2) is 4.98 Å². The minimum Gasteiger partial charge on any atom is -0.496 e. The number of nitrogens with one attached hydrogen (secondary N) is 2. The molecule has 2 aromatic rings. The summed E-state index contributed by atoms with van der Waals surface area (Å²) in [6.45, 7) is 3.76. The Balaban J connectivity index is 1.16. The first-order valence-electron chi connectivity index (χ1n) is 13.6. The van der Waals surface area contributed by atoms with Crippen molar-refractivity contribution in [3.05, 3.63) is 53.2 Å². The van der Waals surface area contributed by atoms with Gasteiger partial charge in [0.25, 0.3) is 11.8 Å². The quantitative estimate of drug-likeness (QED) is 0.571. The van der Waals surface area contributed by atoms with E-state index in [4.69, 9.17) is 4.74 Å². The van der Waals surface area contributed by atoms with Gasteiger partial charge in [0.05, 0.1) is 12.7 Å². The number of methoxy groups -OCH3 is 1. The topological polar surface area (TPSA) is 86.8 Å². The monoisotopic (exact) mass is 505 g/mol. The lowest BCUT2D eigenvalue weighted by atomic mass is 9.96. The van der Waals surface area contributed by atoms with Gasteiger partial charge in [-0.05, 0) is 89.7 Å². The van der Waals surface area contributed by atoms with Gasteiger partial charge < -0.3 is 25.2 Å². The van der Waals surface area contributed by atoms with E-state index in [0.717, 1.165) is 55.8 Å². The smallest absolute Gasteiger partial charge is 0.252 e. The van der Waals surface area contributed by atoms with Crippen molar-refractivity contribution in [2.75, 3.05) is 32.1 Å². The van der Waals surface area contributed by atoms with E-state index in [1.807, 2.05) is 37.3 Å². The largest absolute Gasteiger partial charge is 0.496 e. The number of aromatic nitrogens is 1. The number of amides is 2. The molecule has 1 aromatic heterocycles. The van der Waals surface area contributed by atoms with E-state index in [1.165, 1.54) is 12.8 Å². The molecular formula is C29H39N5O3. The number of piperidine rings is 1. The summed E-state index contributed by atoms with van der Waals surface area (Å²) in [6.07, 6.45) is 9.12. The van der Waals surface area contributed by atoms with Crippen LogP contribution >= 0.6 is 0 Å². The Morgan fingerprint density at radius 3 is 2.51 bits per heavy atom. The molecule has 2 unspecified atom stereocenters. The first-order chi connectivity index (χ1) is 17.9. The summed E-state index contributed by atoms with van der Waals surface area (Å²) in [5.74, 6) is 1.55. The van der Waals surface area contributed by atoms with Gasteiger partial charge in [-0.1, -0.05) is 6.07 Å². The van der Waals surface area contributed by atoms with Gasteiger partial charge in [0.1, 0.15) is 11.6 Å². The van der Waals surface area contributed by atoms with E-state index in [9.17, 15) is 9.59 Å². The normalized spacial score (nSPS) is 25.2. The number of pyridine rings is 1. The van der Waals surface area contributed by atoms with Crippen LogP contribution in [-0.2, 0) is 0 Å². The van der Waals surface area contributed by atoms with Crippen LogP contribution in [0.2, 0.25) is 0 Å². The van der Waals surface area contributed by atoms with Gasteiger partial charge in [0.15, 0.2) is 0 Å². The van der Waals surface area contributed by atoms with Crippen LogP contribution in [0.3, 0.4) is 0 Å². The lowest BCUT2D eigenvalue weighted by Crippen LogP contribution is -2.50. The molecule has 3 saturated heterocycles. The number of likely N-dealkylation sites (tertiary alicyclic amines) is 1. The fourth-order valence-electron chi connectivity index (χ4n) is 6.49. The number of carbonyl (C=O) groups excluding carboxylic acids is 2. The second-order valence-corrected chi connectivity index (χ2v) is 10.8. The summed E-state index contributed by atoms with van der Waals surface area (Å²) in [4.78, 5) is 35.1. The molecular weight excluding hydrogens is 466 g/mol. The summed E-state index contributed by atoms with van der Waals surface area (Å²) in [6, 6.07) is 10.8. The Hall–Kier alpha value is -3.13. The molecule has 8 nitrogen and oxygen atoms in total. The third-order valence-corrected chi connectivity index (χ3v) is 8.53. The third-order valence-electron chi connectivity index (χ3n) is 8.53. The van der Waals surface area contributed by atoms with E-state index in [2.05, 4.69) is 32.5 Å². The SMILES string of the molecule is COc1cccc(C(=O)NC2C[C@H]3CC[C@@H](C2)N3c2ccc(C(=O)NCCC3CCCN3C)cn2)c1C. The number of hydrogen-bond acceptors (Lipinski definition) is 6. The lowest BCUT2D eigenvalue weighted by molar-refractivity contribution is 0.0923. The number of nitrogens with zero attached hydrogens (tertiary/aromatic N) is 3. The predicted molar refractivity (Wildman–Crippen MR) is 144 cm³/mol. The van der Waals surface area contributed by atoms with Crippen LogP contribution in [0.5, 0.6) is 5.75 Å². The van der Waals surface area contributed by atoms with Crippen molar-refractivity contribution in [2.45, 2.75) is 76.0 Å². The van der Waals surface area contributed by atoms with E-state index < -0.39 is 0 Å². The third kappa shape index (κ3) is 5.44. The molecule has 2 N–H and O–H groups in total. The first kappa shape index (κ1) is 25.5. The average molecular weight is 506 g/mol. The highest BCUT2D eigenvalue weighted by atomic mass is 16.5. The van der Waals surface area contributed by atoms with E-state index >= 15 is 0 Å². The molecule has 3 aliphatic heterocycles. The number of fused-ring (bicyclic) bond motifs is 2. The number of rotatable bonds is 8. The summed E-state index contributed by atoms with van der Waals surface area (Å²) in [5.41, 5.74) is 2.13. The minimum atomic E-state index is -0.0584. The van der Waals surface area contributed by atoms with Crippen molar-refractivity contribution in [2.24, 2.45) is 0 Å². The lowest BCUT2D eigenvalue weighted by Gasteiger charge is -2.40. The Morgan fingerprint density at radius 1 is 1.08 bits per heavy atom.